The minimum atomic E-state index is -0.155. The van der Waals surface area contributed by atoms with Crippen molar-refractivity contribution in [3.63, 3.8) is 0 Å². The fraction of sp³-hybridized carbons (Fsp3) is 0.222. The molecular formula is C9H10N2OS. The van der Waals surface area contributed by atoms with Gasteiger partial charge in [0.2, 0.25) is 5.91 Å². The highest BCUT2D eigenvalue weighted by Crippen LogP contribution is 2.27. The smallest absolute Gasteiger partial charge is 0.242 e. The Morgan fingerprint density at radius 3 is 3.00 bits per heavy atom. The third-order valence-electron chi connectivity index (χ3n) is 1.88. The normalized spacial score (nSPS) is 21.6. The maximum absolute atomic E-state index is 11.4. The van der Waals surface area contributed by atoms with Crippen LogP contribution in [0.1, 0.15) is 6.92 Å². The second-order valence-corrected chi connectivity index (χ2v) is 3.81. The fourth-order valence-corrected chi connectivity index (χ4v) is 1.89. The van der Waals surface area contributed by atoms with E-state index in [1.165, 1.54) is 11.9 Å². The molecule has 1 aliphatic heterocycles. The van der Waals surface area contributed by atoms with Gasteiger partial charge in [-0.05, 0) is 31.0 Å². The van der Waals surface area contributed by atoms with E-state index >= 15 is 0 Å². The topological polar surface area (TPSA) is 41.1 Å². The second kappa shape index (κ2) is 3.40. The number of rotatable bonds is 0. The van der Waals surface area contributed by atoms with Gasteiger partial charge in [-0.2, -0.15) is 0 Å². The second-order valence-electron chi connectivity index (χ2n) is 2.93. The summed E-state index contributed by atoms with van der Waals surface area (Å²) in [6, 6.07) is 7.59. The number of carbonyl (C=O) groups is 1. The summed E-state index contributed by atoms with van der Waals surface area (Å²) < 4.78 is 3.06. The van der Waals surface area contributed by atoms with E-state index in [4.69, 9.17) is 0 Å². The van der Waals surface area contributed by atoms with E-state index in [0.717, 1.165) is 10.6 Å². The van der Waals surface area contributed by atoms with Crippen LogP contribution in [0.4, 0.5) is 5.69 Å². The summed E-state index contributed by atoms with van der Waals surface area (Å²) in [5.41, 5.74) is 0.884. The number of para-hydroxylation sites is 1. The summed E-state index contributed by atoms with van der Waals surface area (Å²) in [7, 11) is 0. The van der Waals surface area contributed by atoms with Crippen molar-refractivity contribution < 1.29 is 4.79 Å². The predicted octanol–water partition coefficient (Wildman–Crippen LogP) is 1.62. The Labute approximate surface area is 81.0 Å². The number of anilines is 1. The SMILES string of the molecule is CC1NSc2ccccc2NC1=O. The number of amides is 1. The van der Waals surface area contributed by atoms with Gasteiger partial charge in [0.15, 0.2) is 0 Å². The lowest BCUT2D eigenvalue weighted by Crippen LogP contribution is -2.32. The van der Waals surface area contributed by atoms with Crippen molar-refractivity contribution in [1.29, 1.82) is 0 Å². The molecule has 1 aromatic rings. The van der Waals surface area contributed by atoms with Gasteiger partial charge in [0, 0.05) is 4.90 Å². The van der Waals surface area contributed by atoms with Crippen LogP contribution in [0.25, 0.3) is 0 Å². The molecule has 0 fully saturated rings. The van der Waals surface area contributed by atoms with Gasteiger partial charge in [0.25, 0.3) is 0 Å². The minimum absolute atomic E-state index is 0.0115. The van der Waals surface area contributed by atoms with Gasteiger partial charge in [-0.25, -0.2) is 4.72 Å². The number of carbonyl (C=O) groups excluding carboxylic acids is 1. The molecule has 0 aliphatic carbocycles. The average molecular weight is 194 g/mol. The lowest BCUT2D eigenvalue weighted by Gasteiger charge is -2.05. The summed E-state index contributed by atoms with van der Waals surface area (Å²) in [4.78, 5) is 12.4. The highest BCUT2D eigenvalue weighted by atomic mass is 32.2. The van der Waals surface area contributed by atoms with Crippen LogP contribution in [-0.4, -0.2) is 11.9 Å². The molecule has 1 aliphatic rings. The molecule has 2 N–H and O–H groups in total. The van der Waals surface area contributed by atoms with Gasteiger partial charge >= 0.3 is 0 Å². The highest BCUT2D eigenvalue weighted by Gasteiger charge is 2.18. The van der Waals surface area contributed by atoms with Crippen molar-refractivity contribution >= 4 is 23.5 Å². The van der Waals surface area contributed by atoms with Crippen LogP contribution >= 0.6 is 11.9 Å². The first-order chi connectivity index (χ1) is 6.27. The summed E-state index contributed by atoms with van der Waals surface area (Å²) in [5.74, 6) is 0.0115. The number of fused-ring (bicyclic) bond motifs is 1. The largest absolute Gasteiger partial charge is 0.324 e. The number of benzene rings is 1. The summed E-state index contributed by atoms with van der Waals surface area (Å²) in [6.07, 6.45) is 0. The molecule has 3 nitrogen and oxygen atoms in total. The molecule has 0 saturated carbocycles. The zero-order valence-electron chi connectivity index (χ0n) is 7.20. The lowest BCUT2D eigenvalue weighted by atomic mass is 10.3. The van der Waals surface area contributed by atoms with E-state index in [9.17, 15) is 4.79 Å². The Kier molecular flexibility index (Phi) is 2.24. The molecule has 2 rings (SSSR count). The molecule has 0 spiro atoms. The standard InChI is InChI=1S/C9H10N2OS/c1-6-9(12)10-7-4-2-3-5-8(7)13-11-6/h2-6,11H,1H3,(H,10,12). The zero-order valence-corrected chi connectivity index (χ0v) is 8.02. The highest BCUT2D eigenvalue weighted by molar-refractivity contribution is 7.97. The summed E-state index contributed by atoms with van der Waals surface area (Å²) in [6.45, 7) is 1.84. The molecule has 0 radical (unpaired) electrons. The molecule has 4 heteroatoms. The molecule has 1 atom stereocenters. The van der Waals surface area contributed by atoms with E-state index in [0.29, 0.717) is 0 Å². The maximum atomic E-state index is 11.4. The van der Waals surface area contributed by atoms with Gasteiger partial charge in [-0.3, -0.25) is 4.79 Å². The Morgan fingerprint density at radius 2 is 2.15 bits per heavy atom. The molecule has 1 amide bonds. The number of hydrogen-bond donors (Lipinski definition) is 2. The molecular weight excluding hydrogens is 184 g/mol. The number of hydrogen-bond acceptors (Lipinski definition) is 3. The van der Waals surface area contributed by atoms with Gasteiger partial charge in [-0.15, -0.1) is 0 Å². The van der Waals surface area contributed by atoms with E-state index in [1.54, 1.807) is 0 Å². The van der Waals surface area contributed by atoms with Gasteiger partial charge in [-0.1, -0.05) is 12.1 Å². The molecule has 13 heavy (non-hydrogen) atoms. The molecule has 0 saturated heterocycles. The molecule has 1 unspecified atom stereocenters. The predicted molar refractivity (Wildman–Crippen MR) is 53.5 cm³/mol. The molecule has 1 heterocycles. The third-order valence-corrected chi connectivity index (χ3v) is 2.93. The van der Waals surface area contributed by atoms with E-state index in [-0.39, 0.29) is 11.9 Å². The van der Waals surface area contributed by atoms with Crippen LogP contribution in [0.15, 0.2) is 29.2 Å². The van der Waals surface area contributed by atoms with Gasteiger partial charge in [0.1, 0.15) is 0 Å². The van der Waals surface area contributed by atoms with Gasteiger partial charge < -0.3 is 5.32 Å². The van der Waals surface area contributed by atoms with Crippen molar-refractivity contribution in [2.45, 2.75) is 17.9 Å². The monoisotopic (exact) mass is 194 g/mol. The average Bonchev–Trinajstić information content (AvgIpc) is 2.28. The van der Waals surface area contributed by atoms with Crippen molar-refractivity contribution in [2.24, 2.45) is 0 Å². The van der Waals surface area contributed by atoms with Crippen LogP contribution in [0.2, 0.25) is 0 Å². The zero-order chi connectivity index (χ0) is 9.26. The van der Waals surface area contributed by atoms with E-state index in [2.05, 4.69) is 10.0 Å². The minimum Gasteiger partial charge on any atom is -0.324 e. The Bertz CT molecular complexity index is 340. The van der Waals surface area contributed by atoms with Crippen LogP contribution in [0.3, 0.4) is 0 Å². The molecule has 0 aromatic heterocycles. The summed E-state index contributed by atoms with van der Waals surface area (Å²) >= 11 is 1.49. The molecule has 1 aromatic carbocycles. The molecule has 68 valence electrons. The third kappa shape index (κ3) is 1.68. The maximum Gasteiger partial charge on any atom is 0.242 e. The van der Waals surface area contributed by atoms with Gasteiger partial charge in [0.05, 0.1) is 11.7 Å². The van der Waals surface area contributed by atoms with E-state index in [1.807, 2.05) is 31.2 Å². The van der Waals surface area contributed by atoms with Crippen LogP contribution in [-0.2, 0) is 4.79 Å². The van der Waals surface area contributed by atoms with Crippen LogP contribution in [0.5, 0.6) is 0 Å². The van der Waals surface area contributed by atoms with Crippen molar-refractivity contribution in [1.82, 2.24) is 4.72 Å². The van der Waals surface area contributed by atoms with Crippen molar-refractivity contribution in [3.05, 3.63) is 24.3 Å². The van der Waals surface area contributed by atoms with Crippen LogP contribution in [0, 0.1) is 0 Å². The van der Waals surface area contributed by atoms with E-state index < -0.39 is 0 Å². The quantitative estimate of drug-likeness (QED) is 0.617. The Morgan fingerprint density at radius 1 is 1.38 bits per heavy atom. The van der Waals surface area contributed by atoms with Crippen molar-refractivity contribution in [2.75, 3.05) is 5.32 Å². The summed E-state index contributed by atoms with van der Waals surface area (Å²) in [5, 5.41) is 2.85. The first-order valence-corrected chi connectivity index (χ1v) is 4.91. The number of nitrogens with one attached hydrogen (secondary N) is 2. The molecule has 0 bridgehead atoms. The van der Waals surface area contributed by atoms with Crippen molar-refractivity contribution in [3.8, 4) is 0 Å². The lowest BCUT2D eigenvalue weighted by molar-refractivity contribution is -0.117. The first-order valence-electron chi connectivity index (χ1n) is 4.09. The Balaban J connectivity index is 2.35. The van der Waals surface area contributed by atoms with Crippen LogP contribution < -0.4 is 10.0 Å². The Hall–Kier alpha value is -1.00. The first kappa shape index (κ1) is 8.59. The fourth-order valence-electron chi connectivity index (χ4n) is 1.11.